The van der Waals surface area contributed by atoms with E-state index >= 15 is 0 Å². The maximum atomic E-state index is 6.00. The number of nitrogens with zero attached hydrogens (tertiary/aromatic N) is 2. The molecule has 0 spiro atoms. The van der Waals surface area contributed by atoms with Gasteiger partial charge in [0.25, 0.3) is 0 Å². The standard InChI is InChI=1S/C10H9BClN3/c1-2-5-3-6-8(15-9(5)12)7(11)4-14-10(6)13/h3-4H,2H2,1H3,(H2,13,14). The summed E-state index contributed by atoms with van der Waals surface area (Å²) in [4.78, 5) is 8.21. The molecule has 0 fully saturated rings. The maximum Gasteiger partial charge on any atom is 0.132 e. The van der Waals surface area contributed by atoms with Crippen molar-refractivity contribution in [3.63, 3.8) is 0 Å². The number of hydrogen-bond donors (Lipinski definition) is 1. The number of nitrogens with two attached hydrogens (primary N) is 1. The molecule has 2 aromatic rings. The quantitative estimate of drug-likeness (QED) is 0.577. The van der Waals surface area contributed by atoms with Gasteiger partial charge in [-0.15, -0.1) is 0 Å². The summed E-state index contributed by atoms with van der Waals surface area (Å²) in [5, 5.41) is 1.23. The van der Waals surface area contributed by atoms with Gasteiger partial charge < -0.3 is 5.73 Å². The molecule has 0 bridgehead atoms. The number of aromatic nitrogens is 2. The van der Waals surface area contributed by atoms with Crippen molar-refractivity contribution in [1.29, 1.82) is 0 Å². The van der Waals surface area contributed by atoms with E-state index in [2.05, 4.69) is 9.97 Å². The minimum atomic E-state index is 0.429. The fourth-order valence-corrected chi connectivity index (χ4v) is 1.74. The van der Waals surface area contributed by atoms with Crippen molar-refractivity contribution in [3.8, 4) is 0 Å². The third kappa shape index (κ3) is 1.65. The van der Waals surface area contributed by atoms with Gasteiger partial charge >= 0.3 is 0 Å². The van der Waals surface area contributed by atoms with E-state index in [1.165, 1.54) is 6.20 Å². The van der Waals surface area contributed by atoms with Crippen LogP contribution in [0.2, 0.25) is 5.15 Å². The van der Waals surface area contributed by atoms with Crippen molar-refractivity contribution >= 4 is 41.6 Å². The highest BCUT2D eigenvalue weighted by Gasteiger charge is 2.08. The molecule has 2 heterocycles. The number of hydrogen-bond acceptors (Lipinski definition) is 3. The second-order valence-corrected chi connectivity index (χ2v) is 3.64. The zero-order valence-electron chi connectivity index (χ0n) is 8.29. The van der Waals surface area contributed by atoms with Crippen LogP contribution < -0.4 is 11.2 Å². The predicted octanol–water partition coefficient (Wildman–Crippen LogP) is 1.22. The minimum absolute atomic E-state index is 0.429. The highest BCUT2D eigenvalue weighted by atomic mass is 35.5. The Morgan fingerprint density at radius 1 is 1.53 bits per heavy atom. The van der Waals surface area contributed by atoms with E-state index in [9.17, 15) is 0 Å². The molecule has 15 heavy (non-hydrogen) atoms. The molecule has 74 valence electrons. The zero-order valence-corrected chi connectivity index (χ0v) is 9.04. The van der Waals surface area contributed by atoms with Crippen molar-refractivity contribution in [1.82, 2.24) is 9.97 Å². The van der Waals surface area contributed by atoms with E-state index in [4.69, 9.17) is 25.2 Å². The second-order valence-electron chi connectivity index (χ2n) is 3.29. The van der Waals surface area contributed by atoms with Crippen molar-refractivity contribution in [2.45, 2.75) is 13.3 Å². The Bertz CT molecular complexity index is 528. The van der Waals surface area contributed by atoms with Gasteiger partial charge in [-0.05, 0) is 18.1 Å². The Balaban J connectivity index is 2.86. The van der Waals surface area contributed by atoms with Gasteiger partial charge in [0.05, 0.1) is 5.52 Å². The molecule has 5 heteroatoms. The minimum Gasteiger partial charge on any atom is -0.383 e. The molecule has 2 aromatic heterocycles. The number of pyridine rings is 2. The first-order valence-electron chi connectivity index (χ1n) is 4.62. The Labute approximate surface area is 94.1 Å². The third-order valence-corrected chi connectivity index (χ3v) is 2.65. The van der Waals surface area contributed by atoms with Gasteiger partial charge in [-0.25, -0.2) is 9.97 Å². The lowest BCUT2D eigenvalue weighted by atomic mass is 9.95. The van der Waals surface area contributed by atoms with Crippen LogP contribution in [0, 0.1) is 0 Å². The van der Waals surface area contributed by atoms with Crippen LogP contribution in [0.4, 0.5) is 5.82 Å². The Hall–Kier alpha value is -1.29. The molecular weight excluding hydrogens is 208 g/mol. The average molecular weight is 217 g/mol. The maximum absolute atomic E-state index is 6.00. The number of halogens is 1. The van der Waals surface area contributed by atoms with Gasteiger partial charge in [0.2, 0.25) is 0 Å². The largest absolute Gasteiger partial charge is 0.383 e. The smallest absolute Gasteiger partial charge is 0.132 e. The molecule has 0 aliphatic carbocycles. The van der Waals surface area contributed by atoms with Crippen LogP contribution in [0.5, 0.6) is 0 Å². The van der Waals surface area contributed by atoms with Crippen molar-refractivity contribution < 1.29 is 0 Å². The van der Waals surface area contributed by atoms with Gasteiger partial charge in [0, 0.05) is 11.6 Å². The lowest BCUT2D eigenvalue weighted by Gasteiger charge is -2.07. The highest BCUT2D eigenvalue weighted by molar-refractivity contribution is 6.39. The fourth-order valence-electron chi connectivity index (χ4n) is 1.47. The first-order valence-corrected chi connectivity index (χ1v) is 5.00. The lowest BCUT2D eigenvalue weighted by Crippen LogP contribution is -2.10. The third-order valence-electron chi connectivity index (χ3n) is 2.32. The van der Waals surface area contributed by atoms with Crippen LogP contribution in [0.15, 0.2) is 12.3 Å². The van der Waals surface area contributed by atoms with Gasteiger partial charge in [0.1, 0.15) is 18.8 Å². The molecule has 0 saturated carbocycles. The summed E-state index contributed by atoms with van der Waals surface area (Å²) in [6, 6.07) is 1.89. The number of rotatable bonds is 1. The number of nitrogen functional groups attached to an aromatic ring is 1. The summed E-state index contributed by atoms with van der Waals surface area (Å²) in [6.07, 6.45) is 2.29. The zero-order chi connectivity index (χ0) is 11.0. The molecule has 0 saturated heterocycles. The number of anilines is 1. The topological polar surface area (TPSA) is 51.8 Å². The molecule has 2 rings (SSSR count). The van der Waals surface area contributed by atoms with E-state index in [1.54, 1.807) is 0 Å². The van der Waals surface area contributed by atoms with E-state index in [-0.39, 0.29) is 0 Å². The van der Waals surface area contributed by atoms with Gasteiger partial charge in [-0.2, -0.15) is 0 Å². The molecule has 0 atom stereocenters. The predicted molar refractivity (Wildman–Crippen MR) is 63.7 cm³/mol. The van der Waals surface area contributed by atoms with E-state index in [0.29, 0.717) is 22.0 Å². The summed E-state index contributed by atoms with van der Waals surface area (Å²) in [5.41, 5.74) is 7.80. The summed E-state index contributed by atoms with van der Waals surface area (Å²) in [5.74, 6) is 0.429. The van der Waals surface area contributed by atoms with Crippen molar-refractivity contribution in [3.05, 3.63) is 23.0 Å². The molecule has 0 aliphatic rings. The molecular formula is C10H9BClN3. The molecule has 0 aliphatic heterocycles. The van der Waals surface area contributed by atoms with E-state index < -0.39 is 0 Å². The monoisotopic (exact) mass is 217 g/mol. The van der Waals surface area contributed by atoms with E-state index in [0.717, 1.165) is 17.4 Å². The van der Waals surface area contributed by atoms with Crippen molar-refractivity contribution in [2.75, 3.05) is 5.73 Å². The van der Waals surface area contributed by atoms with Gasteiger partial charge in [-0.3, -0.25) is 0 Å². The second kappa shape index (κ2) is 3.70. The Morgan fingerprint density at radius 3 is 2.93 bits per heavy atom. The van der Waals surface area contributed by atoms with Gasteiger partial charge in [0.15, 0.2) is 0 Å². The van der Waals surface area contributed by atoms with E-state index in [1.807, 2.05) is 13.0 Å². The van der Waals surface area contributed by atoms with Crippen molar-refractivity contribution in [2.24, 2.45) is 0 Å². The first kappa shape index (κ1) is 10.2. The molecule has 2 N–H and O–H groups in total. The number of aryl methyl sites for hydroxylation is 1. The summed E-state index contributed by atoms with van der Waals surface area (Å²) in [7, 11) is 5.75. The Morgan fingerprint density at radius 2 is 2.27 bits per heavy atom. The first-order chi connectivity index (χ1) is 7.13. The van der Waals surface area contributed by atoms with Gasteiger partial charge in [-0.1, -0.05) is 24.0 Å². The van der Waals surface area contributed by atoms with Crippen LogP contribution in [0.1, 0.15) is 12.5 Å². The summed E-state index contributed by atoms with van der Waals surface area (Å²) in [6.45, 7) is 2.00. The van der Waals surface area contributed by atoms with Crippen LogP contribution in [-0.2, 0) is 6.42 Å². The lowest BCUT2D eigenvalue weighted by molar-refractivity contribution is 1.12. The molecule has 0 amide bonds. The molecule has 0 aromatic carbocycles. The van der Waals surface area contributed by atoms with Crippen LogP contribution >= 0.6 is 11.6 Å². The van der Waals surface area contributed by atoms with Crippen LogP contribution in [-0.4, -0.2) is 17.8 Å². The molecule has 3 nitrogen and oxygen atoms in total. The highest BCUT2D eigenvalue weighted by Crippen LogP contribution is 2.22. The summed E-state index contributed by atoms with van der Waals surface area (Å²) < 4.78 is 0. The molecule has 0 unspecified atom stereocenters. The average Bonchev–Trinajstić information content (AvgIpc) is 2.23. The SMILES string of the molecule is [B]c1cnc(N)c2cc(CC)c(Cl)nc12. The van der Waals surface area contributed by atoms with Crippen LogP contribution in [0.25, 0.3) is 10.9 Å². The normalized spacial score (nSPS) is 10.8. The summed E-state index contributed by atoms with van der Waals surface area (Å²) >= 11 is 6.00. The molecule has 2 radical (unpaired) electrons. The Kier molecular flexibility index (Phi) is 2.53. The fraction of sp³-hybridized carbons (Fsp3) is 0.200. The van der Waals surface area contributed by atoms with Crippen LogP contribution in [0.3, 0.4) is 0 Å². The number of fused-ring (bicyclic) bond motifs is 1.